The molecule has 1 aliphatic heterocycles. The van der Waals surface area contributed by atoms with Gasteiger partial charge in [0.15, 0.2) is 5.76 Å². The van der Waals surface area contributed by atoms with E-state index in [-0.39, 0.29) is 23.8 Å². The number of hydrogen-bond acceptors (Lipinski definition) is 5. The fourth-order valence-electron chi connectivity index (χ4n) is 3.45. The average molecular weight is 395 g/mol. The second kappa shape index (κ2) is 8.39. The van der Waals surface area contributed by atoms with Gasteiger partial charge in [-0.1, -0.05) is 12.1 Å². The van der Waals surface area contributed by atoms with Crippen LogP contribution in [0.15, 0.2) is 64.7 Å². The van der Waals surface area contributed by atoms with E-state index in [0.29, 0.717) is 31.7 Å². The molecule has 7 heteroatoms. The van der Waals surface area contributed by atoms with Crippen LogP contribution in [-0.4, -0.2) is 34.8 Å². The molecule has 2 amide bonds. The number of carbonyl (C=O) groups excluding carboxylic acids is 2. The lowest BCUT2D eigenvalue weighted by Crippen LogP contribution is -2.43. The predicted molar refractivity (Wildman–Crippen MR) is 106 cm³/mol. The Kier molecular flexibility index (Phi) is 5.53. The lowest BCUT2D eigenvalue weighted by atomic mass is 9.95. The molecule has 1 atom stereocenters. The van der Waals surface area contributed by atoms with Crippen molar-refractivity contribution in [3.8, 4) is 0 Å². The number of hydrogen-bond donors (Lipinski definition) is 1. The molecule has 1 aliphatic rings. The second-order valence-corrected chi connectivity index (χ2v) is 7.73. The molecular formula is C21H21N3O3S. The number of nitrogens with one attached hydrogen (secondary N) is 1. The monoisotopic (exact) mass is 395 g/mol. The summed E-state index contributed by atoms with van der Waals surface area (Å²) in [6, 6.07) is 12.8. The van der Waals surface area contributed by atoms with Gasteiger partial charge in [-0.2, -0.15) is 0 Å². The summed E-state index contributed by atoms with van der Waals surface area (Å²) in [4.78, 5) is 32.5. The third-order valence-electron chi connectivity index (χ3n) is 4.98. The van der Waals surface area contributed by atoms with E-state index in [1.54, 1.807) is 34.6 Å². The summed E-state index contributed by atoms with van der Waals surface area (Å²) in [5, 5.41) is 5.16. The number of carbonyl (C=O) groups is 2. The number of thiophene rings is 1. The molecule has 1 saturated heterocycles. The van der Waals surface area contributed by atoms with Crippen molar-refractivity contribution in [2.45, 2.75) is 18.9 Å². The van der Waals surface area contributed by atoms with Crippen LogP contribution in [0.2, 0.25) is 0 Å². The standard InChI is InChI=1S/C21H21N3O3S/c25-20(15-8-11-24(12-9-15)21(26)17-6-3-13-27-17)23-19(18-7-4-14-28-18)16-5-1-2-10-22-16/h1-7,10,13-15,19H,8-9,11-12H2,(H,23,25). The maximum absolute atomic E-state index is 12.9. The Labute approximate surface area is 167 Å². The van der Waals surface area contributed by atoms with Crippen molar-refractivity contribution in [1.82, 2.24) is 15.2 Å². The Hall–Kier alpha value is -2.93. The van der Waals surface area contributed by atoms with Crippen molar-refractivity contribution in [2.75, 3.05) is 13.1 Å². The molecule has 28 heavy (non-hydrogen) atoms. The van der Waals surface area contributed by atoms with Crippen molar-refractivity contribution in [1.29, 1.82) is 0 Å². The van der Waals surface area contributed by atoms with E-state index >= 15 is 0 Å². The van der Waals surface area contributed by atoms with Gasteiger partial charge in [0, 0.05) is 30.1 Å². The van der Waals surface area contributed by atoms with Crippen LogP contribution in [0.25, 0.3) is 0 Å². The first-order valence-corrected chi connectivity index (χ1v) is 10.2. The molecule has 1 unspecified atom stereocenters. The summed E-state index contributed by atoms with van der Waals surface area (Å²) in [7, 11) is 0. The van der Waals surface area contributed by atoms with Crippen LogP contribution in [0.3, 0.4) is 0 Å². The molecule has 3 aromatic rings. The van der Waals surface area contributed by atoms with Crippen LogP contribution in [0, 0.1) is 5.92 Å². The first kappa shape index (κ1) is 18.4. The highest BCUT2D eigenvalue weighted by Crippen LogP contribution is 2.26. The Morgan fingerprint density at radius 1 is 1.14 bits per heavy atom. The summed E-state index contributed by atoms with van der Waals surface area (Å²) >= 11 is 1.60. The smallest absolute Gasteiger partial charge is 0.289 e. The summed E-state index contributed by atoms with van der Waals surface area (Å²) in [6.07, 6.45) is 4.51. The SMILES string of the molecule is O=C(NC(c1ccccn1)c1cccs1)C1CCN(C(=O)c2ccco2)CC1. The van der Waals surface area contributed by atoms with Gasteiger partial charge in [0.2, 0.25) is 5.91 Å². The maximum atomic E-state index is 12.9. The number of furan rings is 1. The van der Waals surface area contributed by atoms with Gasteiger partial charge in [-0.3, -0.25) is 14.6 Å². The summed E-state index contributed by atoms with van der Waals surface area (Å²) in [5.41, 5.74) is 0.823. The first-order chi connectivity index (χ1) is 13.7. The van der Waals surface area contributed by atoms with E-state index in [1.165, 1.54) is 6.26 Å². The molecule has 4 rings (SSSR count). The molecule has 1 fully saturated rings. The molecule has 1 N–H and O–H groups in total. The van der Waals surface area contributed by atoms with Gasteiger partial charge in [-0.25, -0.2) is 0 Å². The predicted octanol–water partition coefficient (Wildman–Crippen LogP) is 3.49. The van der Waals surface area contributed by atoms with Crippen LogP contribution >= 0.6 is 11.3 Å². The van der Waals surface area contributed by atoms with Crippen molar-refractivity contribution >= 4 is 23.2 Å². The van der Waals surface area contributed by atoms with Crippen molar-refractivity contribution in [3.63, 3.8) is 0 Å². The average Bonchev–Trinajstić information content (AvgIpc) is 3.46. The summed E-state index contributed by atoms with van der Waals surface area (Å²) in [6.45, 7) is 1.09. The fourth-order valence-corrected chi connectivity index (χ4v) is 4.24. The molecule has 0 saturated carbocycles. The van der Waals surface area contributed by atoms with Crippen LogP contribution in [0.1, 0.15) is 40.0 Å². The van der Waals surface area contributed by atoms with E-state index in [0.717, 1.165) is 10.6 Å². The zero-order chi connectivity index (χ0) is 19.3. The van der Waals surface area contributed by atoms with Gasteiger partial charge in [0.1, 0.15) is 6.04 Å². The van der Waals surface area contributed by atoms with Crippen molar-refractivity contribution < 1.29 is 14.0 Å². The highest BCUT2D eigenvalue weighted by molar-refractivity contribution is 7.10. The Balaban J connectivity index is 1.40. The van der Waals surface area contributed by atoms with Crippen molar-refractivity contribution in [2.24, 2.45) is 5.92 Å². The van der Waals surface area contributed by atoms with Gasteiger partial charge in [0.05, 0.1) is 12.0 Å². The van der Waals surface area contributed by atoms with Crippen molar-refractivity contribution in [3.05, 3.63) is 76.6 Å². The number of piperidine rings is 1. The van der Waals surface area contributed by atoms with E-state index in [4.69, 9.17) is 4.42 Å². The van der Waals surface area contributed by atoms with E-state index in [2.05, 4.69) is 10.3 Å². The van der Waals surface area contributed by atoms with Gasteiger partial charge >= 0.3 is 0 Å². The number of likely N-dealkylation sites (tertiary alicyclic amines) is 1. The third-order valence-corrected chi connectivity index (χ3v) is 5.92. The quantitative estimate of drug-likeness (QED) is 0.717. The molecule has 6 nitrogen and oxygen atoms in total. The lowest BCUT2D eigenvalue weighted by Gasteiger charge is -2.31. The lowest BCUT2D eigenvalue weighted by molar-refractivity contribution is -0.126. The van der Waals surface area contributed by atoms with E-state index in [9.17, 15) is 9.59 Å². The number of nitrogens with zero attached hydrogens (tertiary/aromatic N) is 2. The highest BCUT2D eigenvalue weighted by atomic mass is 32.1. The largest absolute Gasteiger partial charge is 0.459 e. The minimum absolute atomic E-state index is 0.00847. The maximum Gasteiger partial charge on any atom is 0.289 e. The molecule has 144 valence electrons. The molecule has 4 heterocycles. The number of rotatable bonds is 5. The van der Waals surface area contributed by atoms with E-state index < -0.39 is 0 Å². The Morgan fingerprint density at radius 2 is 2.00 bits per heavy atom. The minimum Gasteiger partial charge on any atom is -0.459 e. The van der Waals surface area contributed by atoms with E-state index in [1.807, 2.05) is 35.7 Å². The Morgan fingerprint density at radius 3 is 2.64 bits per heavy atom. The highest BCUT2D eigenvalue weighted by Gasteiger charge is 2.30. The fraction of sp³-hybridized carbons (Fsp3) is 0.286. The van der Waals surface area contributed by atoms with Crippen LogP contribution < -0.4 is 5.32 Å². The molecule has 3 aromatic heterocycles. The van der Waals surface area contributed by atoms with Gasteiger partial charge in [-0.05, 0) is 48.6 Å². The summed E-state index contributed by atoms with van der Waals surface area (Å²) in [5.74, 6) is 0.116. The molecule has 0 spiro atoms. The topological polar surface area (TPSA) is 75.4 Å². The van der Waals surface area contributed by atoms with Crippen LogP contribution in [-0.2, 0) is 4.79 Å². The van der Waals surface area contributed by atoms with Crippen LogP contribution in [0.5, 0.6) is 0 Å². The number of amides is 2. The van der Waals surface area contributed by atoms with Gasteiger partial charge in [0.25, 0.3) is 5.91 Å². The third kappa shape index (κ3) is 3.99. The molecule has 0 radical (unpaired) electrons. The van der Waals surface area contributed by atoms with Gasteiger partial charge in [-0.15, -0.1) is 11.3 Å². The Bertz CT molecular complexity index is 902. The van der Waals surface area contributed by atoms with Crippen LogP contribution in [0.4, 0.5) is 0 Å². The number of pyridine rings is 1. The zero-order valence-corrected chi connectivity index (χ0v) is 16.1. The minimum atomic E-state index is -0.253. The molecular weight excluding hydrogens is 374 g/mol. The number of aromatic nitrogens is 1. The molecule has 0 aromatic carbocycles. The zero-order valence-electron chi connectivity index (χ0n) is 15.3. The first-order valence-electron chi connectivity index (χ1n) is 9.30. The van der Waals surface area contributed by atoms with Gasteiger partial charge < -0.3 is 14.6 Å². The summed E-state index contributed by atoms with van der Waals surface area (Å²) < 4.78 is 5.19. The molecule has 0 bridgehead atoms. The normalized spacial score (nSPS) is 15.9. The second-order valence-electron chi connectivity index (χ2n) is 6.76. The molecule has 0 aliphatic carbocycles.